The Kier molecular flexibility index (Phi) is 6.65. The fraction of sp³-hybridized carbons (Fsp3) is 0.625. The summed E-state index contributed by atoms with van der Waals surface area (Å²) < 4.78 is 41.0. The highest BCUT2D eigenvalue weighted by atomic mass is 35.5. The predicted octanol–water partition coefficient (Wildman–Crippen LogP) is 4.41. The number of piperazine rings is 1. The van der Waals surface area contributed by atoms with Crippen molar-refractivity contribution in [3.05, 3.63) is 28.8 Å². The van der Waals surface area contributed by atoms with E-state index in [1.165, 1.54) is 18.9 Å². The number of rotatable bonds is 5. The van der Waals surface area contributed by atoms with E-state index in [0.717, 1.165) is 44.1 Å². The van der Waals surface area contributed by atoms with Crippen LogP contribution in [0.2, 0.25) is 5.02 Å². The summed E-state index contributed by atoms with van der Waals surface area (Å²) in [5.74, 6) is 0.383. The first-order chi connectivity index (χ1) is 10.9. The van der Waals surface area contributed by atoms with Crippen molar-refractivity contribution in [3.8, 4) is 5.75 Å². The van der Waals surface area contributed by atoms with E-state index in [-0.39, 0.29) is 29.2 Å². The molecular weight excluding hydrogens is 364 g/mol. The van der Waals surface area contributed by atoms with Crippen LogP contribution in [-0.4, -0.2) is 37.4 Å². The molecule has 24 heavy (non-hydrogen) atoms. The van der Waals surface area contributed by atoms with Crippen molar-refractivity contribution in [3.63, 3.8) is 0 Å². The van der Waals surface area contributed by atoms with E-state index in [0.29, 0.717) is 0 Å². The SMILES string of the molecule is Cl.FC(F)(F)Oc1ccc([C@@H](CC2CC2)N2CCNCC2)cc1Cl. The number of nitrogens with one attached hydrogen (secondary N) is 1. The molecule has 8 heteroatoms. The summed E-state index contributed by atoms with van der Waals surface area (Å²) in [6.45, 7) is 3.75. The Morgan fingerprint density at radius 2 is 1.92 bits per heavy atom. The van der Waals surface area contributed by atoms with E-state index in [2.05, 4.69) is 15.0 Å². The highest BCUT2D eigenvalue weighted by molar-refractivity contribution is 6.32. The minimum atomic E-state index is -4.73. The molecule has 0 spiro atoms. The molecule has 1 aliphatic heterocycles. The number of halogens is 5. The number of hydrogen-bond donors (Lipinski definition) is 1. The third kappa shape index (κ3) is 5.41. The molecule has 1 aromatic rings. The van der Waals surface area contributed by atoms with Gasteiger partial charge in [-0.2, -0.15) is 0 Å². The summed E-state index contributed by atoms with van der Waals surface area (Å²) in [6, 6.07) is 4.87. The van der Waals surface area contributed by atoms with Crippen LogP contribution in [0.3, 0.4) is 0 Å². The molecule has 0 aromatic heterocycles. The number of nitrogens with zero attached hydrogens (tertiary/aromatic N) is 1. The van der Waals surface area contributed by atoms with Crippen LogP contribution in [0.15, 0.2) is 18.2 Å². The van der Waals surface area contributed by atoms with Gasteiger partial charge in [0.05, 0.1) is 5.02 Å². The van der Waals surface area contributed by atoms with Crippen LogP contribution in [0.1, 0.15) is 30.9 Å². The molecule has 1 saturated heterocycles. The summed E-state index contributed by atoms with van der Waals surface area (Å²) in [7, 11) is 0. The minimum absolute atomic E-state index is 0. The quantitative estimate of drug-likeness (QED) is 0.813. The van der Waals surface area contributed by atoms with Gasteiger partial charge in [0, 0.05) is 32.2 Å². The molecule has 0 amide bonds. The van der Waals surface area contributed by atoms with Crippen molar-refractivity contribution in [1.29, 1.82) is 0 Å². The van der Waals surface area contributed by atoms with Gasteiger partial charge >= 0.3 is 6.36 Å². The zero-order chi connectivity index (χ0) is 16.4. The van der Waals surface area contributed by atoms with Gasteiger partial charge in [0.15, 0.2) is 0 Å². The molecule has 1 aromatic carbocycles. The molecule has 2 aliphatic rings. The molecule has 2 fully saturated rings. The van der Waals surface area contributed by atoms with Gasteiger partial charge in [-0.1, -0.05) is 30.5 Å². The van der Waals surface area contributed by atoms with Gasteiger partial charge in [0.25, 0.3) is 0 Å². The molecular formula is C16H21Cl2F3N2O. The molecule has 1 atom stereocenters. The molecule has 0 unspecified atom stereocenters. The van der Waals surface area contributed by atoms with Gasteiger partial charge in [-0.25, -0.2) is 0 Å². The maximum absolute atomic E-state index is 12.4. The van der Waals surface area contributed by atoms with Crippen molar-refractivity contribution >= 4 is 24.0 Å². The molecule has 1 N–H and O–H groups in total. The fourth-order valence-corrected chi connectivity index (χ4v) is 3.32. The second-order valence-corrected chi connectivity index (χ2v) is 6.63. The summed E-state index contributed by atoms with van der Waals surface area (Å²) in [6.07, 6.45) is -1.20. The molecule has 1 aliphatic carbocycles. The number of alkyl halides is 3. The maximum Gasteiger partial charge on any atom is 0.573 e. The molecule has 1 saturated carbocycles. The van der Waals surface area contributed by atoms with Crippen molar-refractivity contribution in [2.75, 3.05) is 26.2 Å². The lowest BCUT2D eigenvalue weighted by Gasteiger charge is -2.35. The highest BCUT2D eigenvalue weighted by Crippen LogP contribution is 2.41. The lowest BCUT2D eigenvalue weighted by molar-refractivity contribution is -0.274. The summed E-state index contributed by atoms with van der Waals surface area (Å²) in [4.78, 5) is 2.39. The number of ether oxygens (including phenoxy) is 1. The molecule has 3 rings (SSSR count). The lowest BCUT2D eigenvalue weighted by Crippen LogP contribution is -2.45. The average Bonchev–Trinajstić information content (AvgIpc) is 3.31. The summed E-state index contributed by atoms with van der Waals surface area (Å²) >= 11 is 6.01. The second kappa shape index (κ2) is 8.13. The topological polar surface area (TPSA) is 24.5 Å². The van der Waals surface area contributed by atoms with Gasteiger partial charge in [-0.15, -0.1) is 25.6 Å². The highest BCUT2D eigenvalue weighted by Gasteiger charge is 2.33. The molecule has 0 bridgehead atoms. The molecule has 3 nitrogen and oxygen atoms in total. The van der Waals surface area contributed by atoms with Crippen molar-refractivity contribution in [2.24, 2.45) is 5.92 Å². The number of benzene rings is 1. The van der Waals surface area contributed by atoms with Gasteiger partial charge in [-0.3, -0.25) is 4.90 Å². The second-order valence-electron chi connectivity index (χ2n) is 6.22. The standard InChI is InChI=1S/C16H20ClF3N2O.ClH/c17-13-10-12(3-4-15(13)23-16(18,19)20)14(9-11-1-2-11)22-7-5-21-6-8-22;/h3-4,10-11,14,21H,1-2,5-9H2;1H/t14-;/m1./s1. The first-order valence-electron chi connectivity index (χ1n) is 7.92. The fourth-order valence-electron chi connectivity index (χ4n) is 3.09. The predicted molar refractivity (Wildman–Crippen MR) is 89.9 cm³/mol. The van der Waals surface area contributed by atoms with E-state index in [1.54, 1.807) is 12.1 Å². The Labute approximate surface area is 150 Å². The minimum Gasteiger partial charge on any atom is -0.404 e. The van der Waals surface area contributed by atoms with Crippen LogP contribution < -0.4 is 10.1 Å². The monoisotopic (exact) mass is 384 g/mol. The third-order valence-corrected chi connectivity index (χ3v) is 4.71. The van der Waals surface area contributed by atoms with E-state index in [1.807, 2.05) is 0 Å². The van der Waals surface area contributed by atoms with Gasteiger partial charge in [0.2, 0.25) is 0 Å². The number of hydrogen-bond acceptors (Lipinski definition) is 3. The smallest absolute Gasteiger partial charge is 0.404 e. The Balaban J connectivity index is 0.00000208. The summed E-state index contributed by atoms with van der Waals surface area (Å²) in [5, 5.41) is 3.33. The third-order valence-electron chi connectivity index (χ3n) is 4.41. The Hall–Kier alpha value is -0.690. The molecule has 1 heterocycles. The van der Waals surface area contributed by atoms with E-state index < -0.39 is 6.36 Å². The van der Waals surface area contributed by atoms with E-state index in [9.17, 15) is 13.2 Å². The van der Waals surface area contributed by atoms with E-state index >= 15 is 0 Å². The Morgan fingerprint density at radius 1 is 1.25 bits per heavy atom. The van der Waals surface area contributed by atoms with Crippen LogP contribution in [0.4, 0.5) is 13.2 Å². The zero-order valence-electron chi connectivity index (χ0n) is 13.1. The van der Waals surface area contributed by atoms with Crippen LogP contribution in [0.25, 0.3) is 0 Å². The first-order valence-corrected chi connectivity index (χ1v) is 8.30. The van der Waals surface area contributed by atoms with Crippen LogP contribution in [0, 0.1) is 5.92 Å². The summed E-state index contributed by atoms with van der Waals surface area (Å²) in [5.41, 5.74) is 0.971. The van der Waals surface area contributed by atoms with E-state index in [4.69, 9.17) is 11.6 Å². The van der Waals surface area contributed by atoms with Gasteiger partial charge in [0.1, 0.15) is 5.75 Å². The zero-order valence-corrected chi connectivity index (χ0v) is 14.7. The van der Waals surface area contributed by atoms with Crippen LogP contribution in [0.5, 0.6) is 5.75 Å². The Bertz CT molecular complexity index is 547. The van der Waals surface area contributed by atoms with Gasteiger partial charge in [-0.05, 0) is 30.0 Å². The van der Waals surface area contributed by atoms with Crippen molar-refractivity contribution in [1.82, 2.24) is 10.2 Å². The van der Waals surface area contributed by atoms with Crippen LogP contribution >= 0.6 is 24.0 Å². The normalized spacial score (nSPS) is 20.3. The Morgan fingerprint density at radius 3 is 2.46 bits per heavy atom. The van der Waals surface area contributed by atoms with Crippen molar-refractivity contribution in [2.45, 2.75) is 31.7 Å². The largest absolute Gasteiger partial charge is 0.573 e. The average molecular weight is 385 g/mol. The molecule has 0 radical (unpaired) electrons. The molecule has 136 valence electrons. The van der Waals surface area contributed by atoms with Crippen molar-refractivity contribution < 1.29 is 17.9 Å². The van der Waals surface area contributed by atoms with Gasteiger partial charge < -0.3 is 10.1 Å². The lowest BCUT2D eigenvalue weighted by atomic mass is 9.98. The first kappa shape index (κ1) is 19.6. The van der Waals surface area contributed by atoms with Crippen LogP contribution in [-0.2, 0) is 0 Å². The maximum atomic E-state index is 12.4.